The predicted octanol–water partition coefficient (Wildman–Crippen LogP) is 10.4. The van der Waals surface area contributed by atoms with E-state index in [0.29, 0.717) is 23.9 Å². The third-order valence-electron chi connectivity index (χ3n) is 14.4. The van der Waals surface area contributed by atoms with Crippen LogP contribution in [0.3, 0.4) is 0 Å². The van der Waals surface area contributed by atoms with Crippen LogP contribution >= 0.6 is 0 Å². The van der Waals surface area contributed by atoms with Gasteiger partial charge < -0.3 is 19.1 Å². The van der Waals surface area contributed by atoms with Gasteiger partial charge in [-0.1, -0.05) is 85.6 Å². The van der Waals surface area contributed by atoms with E-state index < -0.39 is 22.2 Å². The molecule has 3 fully saturated rings. The van der Waals surface area contributed by atoms with Gasteiger partial charge in [-0.15, -0.1) is 0 Å². The molecule has 6 heteroatoms. The van der Waals surface area contributed by atoms with Gasteiger partial charge in [0, 0.05) is 12.0 Å². The molecule has 0 unspecified atom stereocenters. The van der Waals surface area contributed by atoms with Gasteiger partial charge in [-0.3, -0.25) is 0 Å². The molecule has 0 aromatic rings. The summed E-state index contributed by atoms with van der Waals surface area (Å²) in [5.74, 6) is 1.87. The molecule has 2 N–H and O–H groups in total. The molecule has 0 saturated heterocycles. The van der Waals surface area contributed by atoms with E-state index in [1.807, 2.05) is 13.8 Å². The van der Waals surface area contributed by atoms with Crippen molar-refractivity contribution in [2.45, 2.75) is 188 Å². The Bertz CT molecular complexity index is 1140. The topological polar surface area (TPSA) is 58.9 Å². The summed E-state index contributed by atoms with van der Waals surface area (Å²) >= 11 is 0. The van der Waals surface area contributed by atoms with Gasteiger partial charge in [0.1, 0.15) is 0 Å². The lowest BCUT2D eigenvalue weighted by Gasteiger charge is -2.57. The number of allylic oxidation sites excluding steroid dienone is 2. The van der Waals surface area contributed by atoms with Crippen LogP contribution in [0.5, 0.6) is 0 Å². The summed E-state index contributed by atoms with van der Waals surface area (Å²) in [6, 6.07) is 0. The minimum Gasteiger partial charge on any atom is -0.414 e. The van der Waals surface area contributed by atoms with Crippen molar-refractivity contribution < 1.29 is 19.1 Å². The standard InChI is InChI=1S/C39H72O4Si2/c1-26(16-21-33(37(8,9)41)43-45(14,15)36(5,6)7)30-19-20-31-29-18-17-27-24-28(42-44(12,13)35(2,3)4)22-23-38(27,10)34(29)32(40)25-39(30,31)11/h17-18,26,28,30-34,40-41H,16,19-25H2,1-15H3/t26-,28+,30-,31+,32-,33-,34-,38+,39-/m1/s1. The zero-order chi connectivity index (χ0) is 34.2. The average molecular weight is 661 g/mol. The van der Waals surface area contributed by atoms with Crippen molar-refractivity contribution in [3.8, 4) is 0 Å². The maximum atomic E-state index is 12.1. The van der Waals surface area contributed by atoms with Crippen LogP contribution in [0.15, 0.2) is 23.3 Å². The predicted molar refractivity (Wildman–Crippen MR) is 195 cm³/mol. The van der Waals surface area contributed by atoms with E-state index in [9.17, 15) is 10.2 Å². The largest absolute Gasteiger partial charge is 0.414 e. The van der Waals surface area contributed by atoms with Gasteiger partial charge in [0.25, 0.3) is 0 Å². The van der Waals surface area contributed by atoms with Gasteiger partial charge in [0.2, 0.25) is 0 Å². The third-order valence-corrected chi connectivity index (χ3v) is 23.4. The van der Waals surface area contributed by atoms with Crippen LogP contribution in [-0.2, 0) is 8.85 Å². The molecule has 0 aliphatic heterocycles. The SMILES string of the molecule is C[C@H](CC[C@@H](O[Si](C)(C)C(C)(C)C)C(C)(C)O)[C@H]1CC[C@H]2C3=CC=C4C[C@@H](O[Si](C)(C)C(C)(C)C)CC[C@]4(C)[C@H]3[C@H](O)C[C@]12C. The molecule has 3 saturated carbocycles. The van der Waals surface area contributed by atoms with Gasteiger partial charge in [-0.05, 0) is 130 Å². The summed E-state index contributed by atoms with van der Waals surface area (Å²) in [7, 11) is -3.84. The summed E-state index contributed by atoms with van der Waals surface area (Å²) in [4.78, 5) is 0. The number of fused-ring (bicyclic) bond motifs is 5. The van der Waals surface area contributed by atoms with Crippen LogP contribution in [0, 0.1) is 34.5 Å². The highest BCUT2D eigenvalue weighted by Gasteiger charge is 2.60. The van der Waals surface area contributed by atoms with E-state index in [4.69, 9.17) is 8.85 Å². The van der Waals surface area contributed by atoms with Gasteiger partial charge in [0.15, 0.2) is 16.6 Å². The van der Waals surface area contributed by atoms with Gasteiger partial charge in [-0.2, -0.15) is 0 Å². The summed E-state index contributed by atoms with van der Waals surface area (Å²) < 4.78 is 13.8. The second-order valence-electron chi connectivity index (χ2n) is 20.1. The Kier molecular flexibility index (Phi) is 10.2. The van der Waals surface area contributed by atoms with Crippen molar-refractivity contribution in [2.24, 2.45) is 34.5 Å². The van der Waals surface area contributed by atoms with Crippen molar-refractivity contribution >= 4 is 16.6 Å². The first-order valence-corrected chi connectivity index (χ1v) is 24.2. The van der Waals surface area contributed by atoms with Crippen molar-refractivity contribution in [1.29, 1.82) is 0 Å². The molecule has 0 spiro atoms. The lowest BCUT2D eigenvalue weighted by molar-refractivity contribution is -0.0601. The second-order valence-corrected chi connectivity index (χ2v) is 29.6. The fourth-order valence-electron chi connectivity index (χ4n) is 9.47. The fourth-order valence-corrected chi connectivity index (χ4v) is 12.3. The maximum absolute atomic E-state index is 12.1. The molecule has 0 radical (unpaired) electrons. The first-order valence-electron chi connectivity index (χ1n) is 18.4. The molecule has 9 atom stereocenters. The Balaban J connectivity index is 1.51. The minimum atomic E-state index is -2.01. The summed E-state index contributed by atoms with van der Waals surface area (Å²) in [5, 5.41) is 23.6. The van der Waals surface area contributed by atoms with Crippen LogP contribution in [0.25, 0.3) is 0 Å². The average Bonchev–Trinajstić information content (AvgIpc) is 3.20. The molecule has 0 heterocycles. The summed E-state index contributed by atoms with van der Waals surface area (Å²) in [5.41, 5.74) is 2.32. The van der Waals surface area contributed by atoms with Gasteiger partial charge in [0.05, 0.1) is 17.8 Å². The highest BCUT2D eigenvalue weighted by atomic mass is 28.4. The van der Waals surface area contributed by atoms with E-state index in [0.717, 1.165) is 38.5 Å². The molecule has 4 nitrogen and oxygen atoms in total. The number of aliphatic hydroxyl groups excluding tert-OH is 1. The Morgan fingerprint density at radius 1 is 0.889 bits per heavy atom. The van der Waals surface area contributed by atoms with Gasteiger partial charge >= 0.3 is 0 Å². The zero-order valence-electron chi connectivity index (χ0n) is 32.1. The van der Waals surface area contributed by atoms with Crippen molar-refractivity contribution in [1.82, 2.24) is 0 Å². The molecule has 0 aromatic carbocycles. The Labute approximate surface area is 280 Å². The molecule has 260 valence electrons. The third kappa shape index (κ3) is 7.09. The van der Waals surface area contributed by atoms with Crippen LogP contribution in [0.4, 0.5) is 0 Å². The molecule has 0 amide bonds. The van der Waals surface area contributed by atoms with Crippen LogP contribution in [-0.4, -0.2) is 50.8 Å². The molecule has 4 aliphatic rings. The fraction of sp³-hybridized carbons (Fsp3) is 0.897. The van der Waals surface area contributed by atoms with E-state index >= 15 is 0 Å². The van der Waals surface area contributed by atoms with E-state index in [-0.39, 0.29) is 39.0 Å². The van der Waals surface area contributed by atoms with E-state index in [1.165, 1.54) is 24.0 Å². The molecular formula is C39H72O4Si2. The quantitative estimate of drug-likeness (QED) is 0.242. The maximum Gasteiger partial charge on any atom is 0.192 e. The summed E-state index contributed by atoms with van der Waals surface area (Å²) in [6.45, 7) is 34.4. The van der Waals surface area contributed by atoms with Crippen LogP contribution in [0.2, 0.25) is 36.3 Å². The smallest absolute Gasteiger partial charge is 0.192 e. The number of aliphatic hydroxyl groups is 2. The van der Waals surface area contributed by atoms with Crippen molar-refractivity contribution in [2.75, 3.05) is 0 Å². The second kappa shape index (κ2) is 12.3. The van der Waals surface area contributed by atoms with Gasteiger partial charge in [-0.25, -0.2) is 0 Å². The first-order chi connectivity index (χ1) is 20.2. The molecule has 0 bridgehead atoms. The number of hydrogen-bond donors (Lipinski definition) is 2. The molecule has 4 rings (SSSR count). The molecule has 4 aliphatic carbocycles. The van der Waals surface area contributed by atoms with E-state index in [2.05, 4.69) is 101 Å². The number of rotatable bonds is 9. The Hall–Kier alpha value is -0.246. The first kappa shape index (κ1) is 37.6. The Morgan fingerprint density at radius 2 is 1.49 bits per heavy atom. The number of hydrogen-bond acceptors (Lipinski definition) is 4. The highest BCUT2D eigenvalue weighted by Crippen LogP contribution is 2.66. The highest BCUT2D eigenvalue weighted by molar-refractivity contribution is 6.74. The zero-order valence-corrected chi connectivity index (χ0v) is 34.1. The molecular weight excluding hydrogens is 589 g/mol. The van der Waals surface area contributed by atoms with Crippen molar-refractivity contribution in [3.63, 3.8) is 0 Å². The molecule has 45 heavy (non-hydrogen) atoms. The van der Waals surface area contributed by atoms with Crippen LogP contribution < -0.4 is 0 Å². The van der Waals surface area contributed by atoms with Crippen LogP contribution in [0.1, 0.15) is 128 Å². The molecule has 0 aromatic heterocycles. The lowest BCUT2D eigenvalue weighted by atomic mass is 9.49. The van der Waals surface area contributed by atoms with E-state index in [1.54, 1.807) is 0 Å². The van der Waals surface area contributed by atoms with Crippen molar-refractivity contribution in [3.05, 3.63) is 23.3 Å². The lowest BCUT2D eigenvalue weighted by Crippen LogP contribution is -2.53. The minimum absolute atomic E-state index is 0.0306. The monoisotopic (exact) mass is 660 g/mol. The Morgan fingerprint density at radius 3 is 2.04 bits per heavy atom. The summed E-state index contributed by atoms with van der Waals surface area (Å²) in [6.07, 6.45) is 13.2. The normalized spacial score (nSPS) is 36.0.